The van der Waals surface area contributed by atoms with E-state index in [9.17, 15) is 5.26 Å². The second-order valence-electron chi connectivity index (χ2n) is 5.81. The van der Waals surface area contributed by atoms with Crippen molar-refractivity contribution in [3.63, 3.8) is 0 Å². The molecule has 0 fully saturated rings. The summed E-state index contributed by atoms with van der Waals surface area (Å²) in [6.45, 7) is 2.55. The Morgan fingerprint density at radius 1 is 1.15 bits per heavy atom. The van der Waals surface area contributed by atoms with Crippen molar-refractivity contribution in [1.29, 1.82) is 5.26 Å². The third-order valence-corrected chi connectivity index (χ3v) is 4.06. The van der Waals surface area contributed by atoms with Gasteiger partial charge in [0.1, 0.15) is 17.4 Å². The molecule has 0 bridgehead atoms. The maximum Gasteiger partial charge on any atom is 0.223 e. The van der Waals surface area contributed by atoms with Gasteiger partial charge in [0.2, 0.25) is 5.95 Å². The largest absolute Gasteiger partial charge is 0.350 e. The minimum Gasteiger partial charge on any atom is -0.350 e. The smallest absolute Gasteiger partial charge is 0.223 e. The van der Waals surface area contributed by atoms with Crippen molar-refractivity contribution >= 4 is 11.6 Å². The third-order valence-electron chi connectivity index (χ3n) is 4.06. The maximum absolute atomic E-state index is 9.45. The molecular weight excluding hydrogens is 326 g/mol. The summed E-state index contributed by atoms with van der Waals surface area (Å²) in [4.78, 5) is 17.3. The number of nitriles is 1. The second-order valence-corrected chi connectivity index (χ2v) is 5.81. The first-order valence-corrected chi connectivity index (χ1v) is 8.09. The standard InChI is InChI=1S/C19H15N7/c1-13-4-3-7-26-16(12-22-18(13)26)17-15(8-20)11-24-19(25-17)23-10-14-5-2-6-21-9-14/h2-7,9,11-12H,10H2,1H3,(H,23,24,25). The van der Waals surface area contributed by atoms with Crippen molar-refractivity contribution in [3.8, 4) is 17.5 Å². The van der Waals surface area contributed by atoms with Crippen molar-refractivity contribution < 1.29 is 0 Å². The summed E-state index contributed by atoms with van der Waals surface area (Å²) < 4.78 is 1.93. The molecule has 0 aliphatic heterocycles. The fourth-order valence-electron chi connectivity index (χ4n) is 2.75. The number of fused-ring (bicyclic) bond motifs is 1. The van der Waals surface area contributed by atoms with Crippen molar-refractivity contribution in [2.75, 3.05) is 5.32 Å². The molecule has 0 saturated heterocycles. The molecule has 0 aliphatic rings. The van der Waals surface area contributed by atoms with Crippen LogP contribution in [0.25, 0.3) is 17.0 Å². The molecule has 0 spiro atoms. The highest BCUT2D eigenvalue weighted by Gasteiger charge is 2.14. The highest BCUT2D eigenvalue weighted by atomic mass is 15.1. The molecule has 1 N–H and O–H groups in total. The minimum atomic E-state index is 0.403. The van der Waals surface area contributed by atoms with Gasteiger partial charge in [-0.3, -0.25) is 9.38 Å². The van der Waals surface area contributed by atoms with Gasteiger partial charge >= 0.3 is 0 Å². The first-order chi connectivity index (χ1) is 12.8. The Morgan fingerprint density at radius 2 is 2.08 bits per heavy atom. The monoisotopic (exact) mass is 341 g/mol. The van der Waals surface area contributed by atoms with E-state index in [1.807, 2.05) is 41.8 Å². The van der Waals surface area contributed by atoms with E-state index in [0.717, 1.165) is 22.5 Å². The predicted octanol–water partition coefficient (Wildman–Crippen LogP) is 2.98. The van der Waals surface area contributed by atoms with Crippen LogP contribution in [-0.2, 0) is 6.54 Å². The van der Waals surface area contributed by atoms with Gasteiger partial charge in [0.15, 0.2) is 0 Å². The van der Waals surface area contributed by atoms with Crippen LogP contribution in [0.3, 0.4) is 0 Å². The van der Waals surface area contributed by atoms with Crippen molar-refractivity contribution in [3.05, 3.63) is 71.9 Å². The molecule has 0 aromatic carbocycles. The molecule has 0 saturated carbocycles. The first kappa shape index (κ1) is 15.7. The lowest BCUT2D eigenvalue weighted by Gasteiger charge is -2.08. The number of pyridine rings is 2. The number of anilines is 1. The van der Waals surface area contributed by atoms with Crippen LogP contribution < -0.4 is 5.32 Å². The number of nitrogens with zero attached hydrogens (tertiary/aromatic N) is 6. The van der Waals surface area contributed by atoms with E-state index in [0.29, 0.717) is 23.8 Å². The van der Waals surface area contributed by atoms with Gasteiger partial charge in [-0.1, -0.05) is 12.1 Å². The molecule has 26 heavy (non-hydrogen) atoms. The number of imidazole rings is 1. The van der Waals surface area contributed by atoms with Crippen molar-refractivity contribution in [1.82, 2.24) is 24.3 Å². The molecule has 0 aliphatic carbocycles. The average molecular weight is 341 g/mol. The Kier molecular flexibility index (Phi) is 4.00. The second kappa shape index (κ2) is 6.61. The summed E-state index contributed by atoms with van der Waals surface area (Å²) in [5.74, 6) is 0.449. The topological polar surface area (TPSA) is 91.8 Å². The van der Waals surface area contributed by atoms with Crippen LogP contribution in [-0.4, -0.2) is 24.3 Å². The van der Waals surface area contributed by atoms with Crippen LogP contribution >= 0.6 is 0 Å². The number of rotatable bonds is 4. The van der Waals surface area contributed by atoms with E-state index < -0.39 is 0 Å². The Hall–Kier alpha value is -3.79. The minimum absolute atomic E-state index is 0.403. The van der Waals surface area contributed by atoms with E-state index in [2.05, 4.69) is 31.3 Å². The highest BCUT2D eigenvalue weighted by Crippen LogP contribution is 2.24. The van der Waals surface area contributed by atoms with E-state index in [-0.39, 0.29) is 0 Å². The molecule has 7 heteroatoms. The molecule has 4 heterocycles. The SMILES string of the molecule is Cc1cccn2c(-c3nc(NCc4cccnc4)ncc3C#N)cnc12. The Bertz CT molecular complexity index is 1110. The number of hydrogen-bond acceptors (Lipinski definition) is 6. The molecule has 4 rings (SSSR count). The van der Waals surface area contributed by atoms with Crippen LogP contribution in [0, 0.1) is 18.3 Å². The molecule has 0 radical (unpaired) electrons. The van der Waals surface area contributed by atoms with Gasteiger partial charge < -0.3 is 5.32 Å². The van der Waals surface area contributed by atoms with Crippen LogP contribution in [0.4, 0.5) is 5.95 Å². The van der Waals surface area contributed by atoms with Gasteiger partial charge in [-0.2, -0.15) is 5.26 Å². The maximum atomic E-state index is 9.45. The molecule has 0 amide bonds. The number of nitrogens with one attached hydrogen (secondary N) is 1. The predicted molar refractivity (Wildman–Crippen MR) is 97.2 cm³/mol. The van der Waals surface area contributed by atoms with Crippen molar-refractivity contribution in [2.24, 2.45) is 0 Å². The van der Waals surface area contributed by atoms with E-state index in [1.165, 1.54) is 6.20 Å². The number of aromatic nitrogens is 5. The number of aryl methyl sites for hydroxylation is 1. The lowest BCUT2D eigenvalue weighted by Crippen LogP contribution is -2.06. The van der Waals surface area contributed by atoms with E-state index in [4.69, 9.17) is 0 Å². The van der Waals surface area contributed by atoms with Gasteiger partial charge in [-0.05, 0) is 30.2 Å². The summed E-state index contributed by atoms with van der Waals surface area (Å²) in [6, 6.07) is 9.95. The summed E-state index contributed by atoms with van der Waals surface area (Å²) in [7, 11) is 0. The summed E-state index contributed by atoms with van der Waals surface area (Å²) >= 11 is 0. The highest BCUT2D eigenvalue weighted by molar-refractivity contribution is 5.68. The third kappa shape index (κ3) is 2.84. The lowest BCUT2D eigenvalue weighted by atomic mass is 10.2. The molecule has 4 aromatic heterocycles. The van der Waals surface area contributed by atoms with Crippen LogP contribution in [0.5, 0.6) is 0 Å². The van der Waals surface area contributed by atoms with Crippen LogP contribution in [0.2, 0.25) is 0 Å². The Balaban J connectivity index is 1.73. The summed E-state index contributed by atoms with van der Waals surface area (Å²) in [5.41, 5.74) is 4.63. The Morgan fingerprint density at radius 3 is 2.88 bits per heavy atom. The lowest BCUT2D eigenvalue weighted by molar-refractivity contribution is 1.03. The van der Waals surface area contributed by atoms with Crippen molar-refractivity contribution in [2.45, 2.75) is 13.5 Å². The van der Waals surface area contributed by atoms with Gasteiger partial charge in [0.05, 0.1) is 23.7 Å². The summed E-state index contributed by atoms with van der Waals surface area (Å²) in [6.07, 6.45) is 8.69. The fraction of sp³-hybridized carbons (Fsp3) is 0.105. The van der Waals surface area contributed by atoms with Gasteiger partial charge in [-0.25, -0.2) is 15.0 Å². The van der Waals surface area contributed by atoms with Crippen LogP contribution in [0.15, 0.2) is 55.2 Å². The zero-order valence-electron chi connectivity index (χ0n) is 14.1. The van der Waals surface area contributed by atoms with E-state index in [1.54, 1.807) is 18.6 Å². The van der Waals surface area contributed by atoms with Gasteiger partial charge in [-0.15, -0.1) is 0 Å². The molecular formula is C19H15N7. The normalized spacial score (nSPS) is 10.6. The molecule has 126 valence electrons. The van der Waals surface area contributed by atoms with Gasteiger partial charge in [0, 0.05) is 25.1 Å². The Labute approximate surface area is 150 Å². The number of hydrogen-bond donors (Lipinski definition) is 1. The van der Waals surface area contributed by atoms with E-state index >= 15 is 0 Å². The fourth-order valence-corrected chi connectivity index (χ4v) is 2.75. The molecule has 4 aromatic rings. The molecule has 0 atom stereocenters. The molecule has 7 nitrogen and oxygen atoms in total. The average Bonchev–Trinajstić information content (AvgIpc) is 3.12. The first-order valence-electron chi connectivity index (χ1n) is 8.09. The van der Waals surface area contributed by atoms with Gasteiger partial charge in [0.25, 0.3) is 0 Å². The van der Waals surface area contributed by atoms with Crippen LogP contribution in [0.1, 0.15) is 16.7 Å². The zero-order chi connectivity index (χ0) is 17.9. The zero-order valence-corrected chi connectivity index (χ0v) is 14.1. The summed E-state index contributed by atoms with van der Waals surface area (Å²) in [5, 5.41) is 12.6. The quantitative estimate of drug-likeness (QED) is 0.613. The molecule has 0 unspecified atom stereocenters.